The lowest BCUT2D eigenvalue weighted by molar-refractivity contribution is 0.103. The molecule has 0 fully saturated rings. The highest BCUT2D eigenvalue weighted by molar-refractivity contribution is 7.20. The number of carbonyl (C=O) groups excluding carboxylic acids is 1. The molecule has 4 nitrogen and oxygen atoms in total. The number of para-hydroxylation sites is 2. The zero-order valence-corrected chi connectivity index (χ0v) is 17.3. The van der Waals surface area contributed by atoms with Crippen molar-refractivity contribution in [1.29, 1.82) is 0 Å². The van der Waals surface area contributed by atoms with Crippen LogP contribution in [0, 0.1) is 5.82 Å². The minimum atomic E-state index is -0.232. The molecule has 1 heterocycles. The highest BCUT2D eigenvalue weighted by atomic mass is 32.1. The van der Waals surface area contributed by atoms with Gasteiger partial charge < -0.3 is 16.4 Å². The fourth-order valence-corrected chi connectivity index (χ4v) is 4.22. The van der Waals surface area contributed by atoms with E-state index in [1.54, 1.807) is 24.3 Å². The number of benzene rings is 3. The summed E-state index contributed by atoms with van der Waals surface area (Å²) in [5.74, 6) is -0.400. The van der Waals surface area contributed by atoms with Gasteiger partial charge in [-0.2, -0.15) is 0 Å². The molecule has 0 bridgehead atoms. The number of fused-ring (bicyclic) bond motifs is 1. The maximum Gasteiger partial charge on any atom is 0.265 e. The topological polar surface area (TPSA) is 67.2 Å². The van der Waals surface area contributed by atoms with Crippen molar-refractivity contribution in [2.24, 2.45) is 0 Å². The maximum atomic E-state index is 13.0. The van der Waals surface area contributed by atoms with Gasteiger partial charge in [0.2, 0.25) is 0 Å². The Morgan fingerprint density at radius 1 is 1.07 bits per heavy atom. The Bertz CT molecular complexity index is 1190. The smallest absolute Gasteiger partial charge is 0.265 e. The van der Waals surface area contributed by atoms with Gasteiger partial charge in [0, 0.05) is 17.3 Å². The monoisotopic (exact) mass is 419 g/mol. The third-order valence-electron chi connectivity index (χ3n) is 5.00. The summed E-state index contributed by atoms with van der Waals surface area (Å²) in [5.41, 5.74) is 9.22. The molecular weight excluding hydrogens is 397 g/mol. The second-order valence-corrected chi connectivity index (χ2v) is 8.26. The van der Waals surface area contributed by atoms with E-state index in [2.05, 4.69) is 29.7 Å². The highest BCUT2D eigenvalue weighted by Gasteiger charge is 2.13. The van der Waals surface area contributed by atoms with Crippen LogP contribution in [0.4, 0.5) is 15.8 Å². The van der Waals surface area contributed by atoms with Crippen LogP contribution in [0.1, 0.15) is 33.8 Å². The van der Waals surface area contributed by atoms with E-state index in [9.17, 15) is 9.18 Å². The van der Waals surface area contributed by atoms with Crippen LogP contribution in [0.5, 0.6) is 0 Å². The van der Waals surface area contributed by atoms with Gasteiger partial charge >= 0.3 is 0 Å². The standard InChI is InChI=1S/C24H22FN3OS/c1-15(27-14-16-6-10-19(25)11-7-16)17-8-9-18-13-23(30-22(18)12-17)24(29)28-21-5-3-2-4-20(21)26/h2-13,15,27H,14,26H2,1H3,(H,28,29). The molecule has 4 aromatic rings. The van der Waals surface area contributed by atoms with Crippen LogP contribution in [-0.4, -0.2) is 5.91 Å². The summed E-state index contributed by atoms with van der Waals surface area (Å²) in [5, 5.41) is 7.36. The number of hydrogen-bond acceptors (Lipinski definition) is 4. The van der Waals surface area contributed by atoms with E-state index in [4.69, 9.17) is 5.73 Å². The van der Waals surface area contributed by atoms with Crippen molar-refractivity contribution in [3.63, 3.8) is 0 Å². The second-order valence-electron chi connectivity index (χ2n) is 7.18. The molecule has 0 spiro atoms. The Morgan fingerprint density at radius 2 is 1.83 bits per heavy atom. The fraction of sp³-hybridized carbons (Fsp3) is 0.125. The molecule has 0 aliphatic heterocycles. The molecule has 1 amide bonds. The van der Waals surface area contributed by atoms with Gasteiger partial charge in [-0.1, -0.05) is 36.4 Å². The van der Waals surface area contributed by atoms with Crippen LogP contribution in [-0.2, 0) is 6.54 Å². The highest BCUT2D eigenvalue weighted by Crippen LogP contribution is 2.29. The number of nitrogens with one attached hydrogen (secondary N) is 2. The molecule has 4 N–H and O–H groups in total. The fourth-order valence-electron chi connectivity index (χ4n) is 3.21. The van der Waals surface area contributed by atoms with E-state index in [0.29, 0.717) is 22.8 Å². The van der Waals surface area contributed by atoms with Crippen LogP contribution in [0.25, 0.3) is 10.1 Å². The number of thiophene rings is 1. The Hall–Kier alpha value is -3.22. The van der Waals surface area contributed by atoms with E-state index in [0.717, 1.165) is 21.2 Å². The second kappa shape index (κ2) is 8.65. The number of hydrogen-bond donors (Lipinski definition) is 3. The van der Waals surface area contributed by atoms with Crippen molar-refractivity contribution < 1.29 is 9.18 Å². The molecule has 0 saturated carbocycles. The molecule has 0 aliphatic rings. The van der Waals surface area contributed by atoms with Gasteiger partial charge in [-0.05, 0) is 59.8 Å². The largest absolute Gasteiger partial charge is 0.397 e. The van der Waals surface area contributed by atoms with E-state index in [1.165, 1.54) is 23.5 Å². The molecule has 152 valence electrons. The van der Waals surface area contributed by atoms with Crippen molar-refractivity contribution in [2.75, 3.05) is 11.1 Å². The van der Waals surface area contributed by atoms with Gasteiger partial charge in [-0.3, -0.25) is 4.79 Å². The third kappa shape index (κ3) is 4.50. The predicted octanol–water partition coefficient (Wildman–Crippen LogP) is 5.73. The molecule has 0 saturated heterocycles. The lowest BCUT2D eigenvalue weighted by Crippen LogP contribution is -2.17. The average molecular weight is 420 g/mol. The van der Waals surface area contributed by atoms with Gasteiger partial charge in [0.05, 0.1) is 16.3 Å². The first-order valence-electron chi connectivity index (χ1n) is 9.67. The van der Waals surface area contributed by atoms with Crippen molar-refractivity contribution in [3.8, 4) is 0 Å². The zero-order valence-electron chi connectivity index (χ0n) is 16.5. The van der Waals surface area contributed by atoms with Crippen LogP contribution < -0.4 is 16.4 Å². The summed E-state index contributed by atoms with van der Waals surface area (Å²) < 4.78 is 14.1. The number of anilines is 2. The normalized spacial score (nSPS) is 12.1. The molecule has 30 heavy (non-hydrogen) atoms. The predicted molar refractivity (Wildman–Crippen MR) is 122 cm³/mol. The molecule has 0 radical (unpaired) electrons. The number of amides is 1. The molecule has 6 heteroatoms. The lowest BCUT2D eigenvalue weighted by atomic mass is 10.1. The first kappa shape index (κ1) is 20.1. The van der Waals surface area contributed by atoms with E-state index < -0.39 is 0 Å². The number of rotatable bonds is 6. The van der Waals surface area contributed by atoms with Crippen LogP contribution in [0.15, 0.2) is 72.8 Å². The van der Waals surface area contributed by atoms with Gasteiger partial charge in [-0.25, -0.2) is 4.39 Å². The van der Waals surface area contributed by atoms with Crippen LogP contribution in [0.3, 0.4) is 0 Å². The van der Waals surface area contributed by atoms with Crippen LogP contribution >= 0.6 is 11.3 Å². The summed E-state index contributed by atoms with van der Waals surface area (Å²) >= 11 is 1.46. The average Bonchev–Trinajstić information content (AvgIpc) is 3.18. The summed E-state index contributed by atoms with van der Waals surface area (Å²) in [6, 6.07) is 21.9. The quantitative estimate of drug-likeness (QED) is 0.350. The molecule has 4 rings (SSSR count). The van der Waals surface area contributed by atoms with Gasteiger partial charge in [0.15, 0.2) is 0 Å². The van der Waals surface area contributed by atoms with E-state index >= 15 is 0 Å². The first-order valence-corrected chi connectivity index (χ1v) is 10.5. The minimum absolute atomic E-state index is 0.114. The Morgan fingerprint density at radius 3 is 2.60 bits per heavy atom. The van der Waals surface area contributed by atoms with Crippen molar-refractivity contribution in [1.82, 2.24) is 5.32 Å². The van der Waals surface area contributed by atoms with Gasteiger partial charge in [0.1, 0.15) is 5.82 Å². The molecule has 1 unspecified atom stereocenters. The van der Waals surface area contributed by atoms with Gasteiger partial charge in [-0.15, -0.1) is 11.3 Å². The van der Waals surface area contributed by atoms with Crippen molar-refractivity contribution >= 4 is 38.7 Å². The lowest BCUT2D eigenvalue weighted by Gasteiger charge is -2.14. The molecular formula is C24H22FN3OS. The number of halogens is 1. The third-order valence-corrected chi connectivity index (χ3v) is 6.10. The summed E-state index contributed by atoms with van der Waals surface area (Å²) in [7, 11) is 0. The first-order chi connectivity index (χ1) is 14.5. The Kier molecular flexibility index (Phi) is 5.79. The van der Waals surface area contributed by atoms with Crippen molar-refractivity contribution in [2.45, 2.75) is 19.5 Å². The Balaban J connectivity index is 1.47. The van der Waals surface area contributed by atoms with E-state index in [-0.39, 0.29) is 17.8 Å². The van der Waals surface area contributed by atoms with E-state index in [1.807, 2.05) is 24.3 Å². The summed E-state index contributed by atoms with van der Waals surface area (Å²) in [4.78, 5) is 13.3. The van der Waals surface area contributed by atoms with Crippen molar-refractivity contribution in [3.05, 3.63) is 94.6 Å². The zero-order chi connectivity index (χ0) is 21.1. The molecule has 0 aliphatic carbocycles. The molecule has 1 atom stereocenters. The van der Waals surface area contributed by atoms with Gasteiger partial charge in [0.25, 0.3) is 5.91 Å². The number of nitrogen functional groups attached to an aromatic ring is 1. The Labute approximate surface area is 178 Å². The number of carbonyl (C=O) groups is 1. The minimum Gasteiger partial charge on any atom is -0.397 e. The van der Waals surface area contributed by atoms with Crippen LogP contribution in [0.2, 0.25) is 0 Å². The summed E-state index contributed by atoms with van der Waals surface area (Å²) in [6.07, 6.45) is 0. The molecule has 3 aromatic carbocycles. The maximum absolute atomic E-state index is 13.0. The molecule has 1 aromatic heterocycles. The summed E-state index contributed by atoms with van der Waals surface area (Å²) in [6.45, 7) is 2.74. The SMILES string of the molecule is CC(NCc1ccc(F)cc1)c1ccc2cc(C(=O)Nc3ccccc3N)sc2c1. The number of nitrogens with two attached hydrogens (primary N) is 1.